The van der Waals surface area contributed by atoms with E-state index in [0.29, 0.717) is 18.8 Å². The van der Waals surface area contributed by atoms with Crippen LogP contribution in [0.5, 0.6) is 5.75 Å². The minimum atomic E-state index is -3.68. The lowest BCUT2D eigenvalue weighted by atomic mass is 10.3. The standard InChI is InChI=1S/C12H17Cl2NO3S/c1-4-8(3)15-19(16,17)12-7-9(13)11(18-5-2)6-10(12)14/h6-8,15H,4-5H2,1-3H3/t8-/m0/s1. The van der Waals surface area contributed by atoms with Gasteiger partial charge in [-0.3, -0.25) is 0 Å². The van der Waals surface area contributed by atoms with Gasteiger partial charge in [0.2, 0.25) is 10.0 Å². The van der Waals surface area contributed by atoms with Crippen LogP contribution in [-0.2, 0) is 10.0 Å². The van der Waals surface area contributed by atoms with Crippen LogP contribution in [0.4, 0.5) is 0 Å². The lowest BCUT2D eigenvalue weighted by molar-refractivity contribution is 0.340. The van der Waals surface area contributed by atoms with Gasteiger partial charge in [0.15, 0.2) is 0 Å². The van der Waals surface area contributed by atoms with Gasteiger partial charge in [0.05, 0.1) is 16.7 Å². The molecule has 0 heterocycles. The van der Waals surface area contributed by atoms with Crippen molar-refractivity contribution in [3.05, 3.63) is 22.2 Å². The van der Waals surface area contributed by atoms with Crippen LogP contribution in [0.15, 0.2) is 17.0 Å². The molecule has 1 aromatic rings. The molecule has 0 saturated heterocycles. The maximum absolute atomic E-state index is 12.1. The Bertz CT molecular complexity index is 546. The summed E-state index contributed by atoms with van der Waals surface area (Å²) in [6, 6.07) is 2.55. The molecule has 1 N–H and O–H groups in total. The van der Waals surface area contributed by atoms with E-state index in [2.05, 4.69) is 4.72 Å². The number of halogens is 2. The SMILES string of the molecule is CCOc1cc(Cl)c(S(=O)(=O)N[C@@H](C)CC)cc1Cl. The number of rotatable bonds is 6. The zero-order valence-electron chi connectivity index (χ0n) is 11.0. The van der Waals surface area contributed by atoms with Gasteiger partial charge in [0.1, 0.15) is 10.6 Å². The van der Waals surface area contributed by atoms with Crippen LogP contribution in [0.3, 0.4) is 0 Å². The van der Waals surface area contributed by atoms with Gasteiger partial charge in [-0.25, -0.2) is 13.1 Å². The van der Waals surface area contributed by atoms with Crippen molar-refractivity contribution in [1.29, 1.82) is 0 Å². The van der Waals surface area contributed by atoms with Crippen LogP contribution in [0.25, 0.3) is 0 Å². The zero-order valence-corrected chi connectivity index (χ0v) is 13.4. The zero-order chi connectivity index (χ0) is 14.6. The highest BCUT2D eigenvalue weighted by molar-refractivity contribution is 7.89. The largest absolute Gasteiger partial charge is 0.492 e. The van der Waals surface area contributed by atoms with Crippen molar-refractivity contribution in [2.75, 3.05) is 6.61 Å². The van der Waals surface area contributed by atoms with E-state index in [-0.39, 0.29) is 21.0 Å². The molecule has 0 saturated carbocycles. The molecule has 7 heteroatoms. The molecule has 1 atom stereocenters. The molecule has 1 aromatic carbocycles. The van der Waals surface area contributed by atoms with E-state index in [0.717, 1.165) is 0 Å². The molecule has 0 fully saturated rings. The molecule has 1 rings (SSSR count). The molecule has 0 radical (unpaired) electrons. The summed E-state index contributed by atoms with van der Waals surface area (Å²) in [5, 5.41) is 0.305. The molecular formula is C12H17Cl2NO3S. The summed E-state index contributed by atoms with van der Waals surface area (Å²) in [4.78, 5) is -0.0390. The smallest absolute Gasteiger partial charge is 0.242 e. The van der Waals surface area contributed by atoms with E-state index in [4.69, 9.17) is 27.9 Å². The number of ether oxygens (including phenoxy) is 1. The van der Waals surface area contributed by atoms with Gasteiger partial charge in [-0.05, 0) is 26.3 Å². The third-order valence-corrected chi connectivity index (χ3v) is 4.89. The predicted octanol–water partition coefficient (Wildman–Crippen LogP) is 3.47. The molecule has 0 aromatic heterocycles. The Balaban J connectivity index is 3.17. The van der Waals surface area contributed by atoms with E-state index in [9.17, 15) is 8.42 Å². The lowest BCUT2D eigenvalue weighted by Gasteiger charge is -2.14. The van der Waals surface area contributed by atoms with Gasteiger partial charge in [0, 0.05) is 12.1 Å². The lowest BCUT2D eigenvalue weighted by Crippen LogP contribution is -2.32. The van der Waals surface area contributed by atoms with Crippen LogP contribution >= 0.6 is 23.2 Å². The van der Waals surface area contributed by atoms with Crippen molar-refractivity contribution in [1.82, 2.24) is 4.72 Å². The van der Waals surface area contributed by atoms with Crippen molar-refractivity contribution in [3.63, 3.8) is 0 Å². The Kier molecular flexibility index (Phi) is 5.92. The summed E-state index contributed by atoms with van der Waals surface area (Å²) in [7, 11) is -3.68. The highest BCUT2D eigenvalue weighted by atomic mass is 35.5. The van der Waals surface area contributed by atoms with Gasteiger partial charge in [-0.2, -0.15) is 0 Å². The first kappa shape index (κ1) is 16.6. The Morgan fingerprint density at radius 2 is 1.89 bits per heavy atom. The third-order valence-electron chi connectivity index (χ3n) is 2.54. The van der Waals surface area contributed by atoms with Crippen LogP contribution in [0.1, 0.15) is 27.2 Å². The molecule has 0 amide bonds. The predicted molar refractivity (Wildman–Crippen MR) is 77.7 cm³/mol. The van der Waals surface area contributed by atoms with E-state index in [1.807, 2.05) is 6.92 Å². The van der Waals surface area contributed by atoms with Crippen LogP contribution in [0.2, 0.25) is 10.0 Å². The summed E-state index contributed by atoms with van der Waals surface area (Å²) in [6.45, 7) is 5.90. The summed E-state index contributed by atoms with van der Waals surface area (Å²) < 4.78 is 32.1. The van der Waals surface area contributed by atoms with Gasteiger partial charge < -0.3 is 4.74 Å². The number of sulfonamides is 1. The molecule has 0 spiro atoms. The molecule has 0 aliphatic rings. The summed E-state index contributed by atoms with van der Waals surface area (Å²) >= 11 is 12.0. The highest BCUT2D eigenvalue weighted by Gasteiger charge is 2.22. The molecular weight excluding hydrogens is 309 g/mol. The van der Waals surface area contributed by atoms with Crippen molar-refractivity contribution >= 4 is 33.2 Å². The fourth-order valence-electron chi connectivity index (χ4n) is 1.39. The number of nitrogens with one attached hydrogen (secondary N) is 1. The number of benzene rings is 1. The summed E-state index contributed by atoms with van der Waals surface area (Å²) in [5.74, 6) is 0.372. The number of hydrogen-bond acceptors (Lipinski definition) is 3. The van der Waals surface area contributed by atoms with Gasteiger partial charge in [-0.1, -0.05) is 30.1 Å². The fraction of sp³-hybridized carbons (Fsp3) is 0.500. The summed E-state index contributed by atoms with van der Waals surface area (Å²) in [5.41, 5.74) is 0. The molecule has 0 aliphatic heterocycles. The topological polar surface area (TPSA) is 55.4 Å². The number of hydrogen-bond donors (Lipinski definition) is 1. The monoisotopic (exact) mass is 325 g/mol. The second kappa shape index (κ2) is 6.79. The Labute approximate surface area is 124 Å². The van der Waals surface area contributed by atoms with E-state index >= 15 is 0 Å². The Hall–Kier alpha value is -0.490. The second-order valence-corrected chi connectivity index (χ2v) is 6.57. The van der Waals surface area contributed by atoms with E-state index in [1.165, 1.54) is 12.1 Å². The Morgan fingerprint density at radius 1 is 1.26 bits per heavy atom. The minimum absolute atomic E-state index is 0.0390. The van der Waals surface area contributed by atoms with Crippen LogP contribution in [-0.4, -0.2) is 21.1 Å². The van der Waals surface area contributed by atoms with Gasteiger partial charge in [0.25, 0.3) is 0 Å². The van der Waals surface area contributed by atoms with Crippen LogP contribution < -0.4 is 9.46 Å². The van der Waals surface area contributed by atoms with Crippen molar-refractivity contribution in [2.45, 2.75) is 38.1 Å². The molecule has 0 aliphatic carbocycles. The van der Waals surface area contributed by atoms with Crippen molar-refractivity contribution in [3.8, 4) is 5.75 Å². The van der Waals surface area contributed by atoms with Crippen molar-refractivity contribution in [2.24, 2.45) is 0 Å². The third kappa shape index (κ3) is 4.24. The average molecular weight is 326 g/mol. The molecule has 0 bridgehead atoms. The summed E-state index contributed by atoms with van der Waals surface area (Å²) in [6.07, 6.45) is 0.682. The first-order chi connectivity index (χ1) is 8.81. The fourth-order valence-corrected chi connectivity index (χ4v) is 3.55. The van der Waals surface area contributed by atoms with Crippen molar-refractivity contribution < 1.29 is 13.2 Å². The van der Waals surface area contributed by atoms with Gasteiger partial charge in [-0.15, -0.1) is 0 Å². The van der Waals surface area contributed by atoms with E-state index < -0.39 is 10.0 Å². The van der Waals surface area contributed by atoms with Crippen LogP contribution in [0, 0.1) is 0 Å². The second-order valence-electron chi connectivity index (χ2n) is 4.08. The highest BCUT2D eigenvalue weighted by Crippen LogP contribution is 2.33. The average Bonchev–Trinajstić information content (AvgIpc) is 2.32. The maximum atomic E-state index is 12.1. The quantitative estimate of drug-likeness (QED) is 0.871. The first-order valence-electron chi connectivity index (χ1n) is 5.96. The molecule has 0 unspecified atom stereocenters. The normalized spacial score (nSPS) is 13.3. The first-order valence-corrected chi connectivity index (χ1v) is 8.19. The molecule has 19 heavy (non-hydrogen) atoms. The molecule has 108 valence electrons. The minimum Gasteiger partial charge on any atom is -0.492 e. The maximum Gasteiger partial charge on any atom is 0.242 e. The van der Waals surface area contributed by atoms with Gasteiger partial charge >= 0.3 is 0 Å². The Morgan fingerprint density at radius 3 is 2.42 bits per heavy atom. The molecule has 4 nitrogen and oxygen atoms in total. The van der Waals surface area contributed by atoms with E-state index in [1.54, 1.807) is 13.8 Å².